The molecule has 0 radical (unpaired) electrons. The summed E-state index contributed by atoms with van der Waals surface area (Å²) in [6, 6.07) is -0.293. The smallest absolute Gasteiger partial charge is 0.317 e. The fraction of sp³-hybridized carbons (Fsp3) is 0.857. The molecule has 20 heavy (non-hydrogen) atoms. The summed E-state index contributed by atoms with van der Waals surface area (Å²) in [4.78, 5) is 25.3. The van der Waals surface area contributed by atoms with Crippen molar-refractivity contribution in [1.82, 2.24) is 10.2 Å². The van der Waals surface area contributed by atoms with E-state index in [1.54, 1.807) is 4.90 Å². The topological polar surface area (TPSA) is 89.9 Å². The lowest BCUT2D eigenvalue weighted by atomic mass is 9.95. The fourth-order valence-electron chi connectivity index (χ4n) is 2.96. The number of nitrogens with zero attached hydrogens (tertiary/aromatic N) is 1. The number of hydrogen-bond acceptors (Lipinski definition) is 3. The first kappa shape index (κ1) is 15.1. The van der Waals surface area contributed by atoms with Crippen LogP contribution in [-0.4, -0.2) is 52.3 Å². The number of carboxylic acids is 1. The van der Waals surface area contributed by atoms with Crippen LogP contribution in [0.2, 0.25) is 0 Å². The number of aliphatic hydroxyl groups excluding tert-OH is 1. The summed E-state index contributed by atoms with van der Waals surface area (Å²) in [6.45, 7) is 0.262. The maximum atomic E-state index is 12.3. The summed E-state index contributed by atoms with van der Waals surface area (Å²) < 4.78 is 0. The van der Waals surface area contributed by atoms with Crippen molar-refractivity contribution in [1.29, 1.82) is 0 Å². The zero-order valence-electron chi connectivity index (χ0n) is 11.8. The summed E-state index contributed by atoms with van der Waals surface area (Å²) in [5.74, 6) is -1.31. The van der Waals surface area contributed by atoms with Gasteiger partial charge in [0.1, 0.15) is 0 Å². The molecular weight excluding hydrogens is 260 g/mol. The van der Waals surface area contributed by atoms with E-state index in [1.807, 2.05) is 0 Å². The van der Waals surface area contributed by atoms with Crippen LogP contribution in [0.15, 0.2) is 0 Å². The molecule has 2 unspecified atom stereocenters. The van der Waals surface area contributed by atoms with Crippen LogP contribution in [0.4, 0.5) is 4.79 Å². The van der Waals surface area contributed by atoms with E-state index < -0.39 is 11.9 Å². The van der Waals surface area contributed by atoms with Crippen LogP contribution in [0, 0.1) is 5.92 Å². The van der Waals surface area contributed by atoms with Crippen molar-refractivity contribution < 1.29 is 19.8 Å². The number of hydrogen-bond donors (Lipinski definition) is 3. The lowest BCUT2D eigenvalue weighted by Crippen LogP contribution is -2.50. The quantitative estimate of drug-likeness (QED) is 0.661. The molecule has 0 spiro atoms. The van der Waals surface area contributed by atoms with Crippen LogP contribution in [0.25, 0.3) is 0 Å². The zero-order chi connectivity index (χ0) is 14.5. The summed E-state index contributed by atoms with van der Waals surface area (Å²) in [7, 11) is 0. The van der Waals surface area contributed by atoms with E-state index in [1.165, 1.54) is 0 Å². The van der Waals surface area contributed by atoms with E-state index in [0.717, 1.165) is 38.5 Å². The zero-order valence-corrected chi connectivity index (χ0v) is 11.8. The number of rotatable bonds is 5. The van der Waals surface area contributed by atoms with E-state index >= 15 is 0 Å². The lowest BCUT2D eigenvalue weighted by Gasteiger charge is -2.28. The van der Waals surface area contributed by atoms with Crippen LogP contribution in [0.5, 0.6) is 0 Å². The van der Waals surface area contributed by atoms with Crippen molar-refractivity contribution in [3.05, 3.63) is 0 Å². The minimum absolute atomic E-state index is 0.0586. The first-order valence-electron chi connectivity index (χ1n) is 7.54. The molecule has 2 saturated carbocycles. The van der Waals surface area contributed by atoms with Crippen molar-refractivity contribution in [2.75, 3.05) is 13.2 Å². The predicted octanol–water partition coefficient (Wildman–Crippen LogP) is 1.19. The first-order valence-corrected chi connectivity index (χ1v) is 7.54. The van der Waals surface area contributed by atoms with Crippen molar-refractivity contribution in [2.45, 2.75) is 57.0 Å². The Bertz CT molecular complexity index is 357. The summed E-state index contributed by atoms with van der Waals surface area (Å²) in [6.07, 6.45) is 6.19. The van der Waals surface area contributed by atoms with Gasteiger partial charge in [-0.15, -0.1) is 0 Å². The van der Waals surface area contributed by atoms with E-state index in [-0.39, 0.29) is 24.7 Å². The Morgan fingerprint density at radius 2 is 1.80 bits per heavy atom. The summed E-state index contributed by atoms with van der Waals surface area (Å²) in [5, 5.41) is 21.2. The van der Waals surface area contributed by atoms with Gasteiger partial charge in [-0.1, -0.05) is 19.3 Å². The lowest BCUT2D eigenvalue weighted by molar-refractivity contribution is -0.142. The number of urea groups is 1. The maximum Gasteiger partial charge on any atom is 0.317 e. The molecule has 0 aromatic heterocycles. The molecule has 0 heterocycles. The molecule has 6 nitrogen and oxygen atoms in total. The average molecular weight is 284 g/mol. The SMILES string of the molecule is O=C(O)C1CCCCCC1NC(=O)N(CCO)C1CC1. The Balaban J connectivity index is 1.97. The largest absolute Gasteiger partial charge is 0.481 e. The molecule has 2 fully saturated rings. The van der Waals surface area contributed by atoms with Crippen molar-refractivity contribution >= 4 is 12.0 Å². The third-order valence-electron chi connectivity index (χ3n) is 4.23. The molecule has 0 bridgehead atoms. The first-order chi connectivity index (χ1) is 9.63. The molecular formula is C14H24N2O4. The molecule has 3 N–H and O–H groups in total. The highest BCUT2D eigenvalue weighted by Gasteiger charge is 2.36. The summed E-state index contributed by atoms with van der Waals surface area (Å²) >= 11 is 0. The van der Waals surface area contributed by atoms with Gasteiger partial charge in [-0.2, -0.15) is 0 Å². The Morgan fingerprint density at radius 3 is 2.40 bits per heavy atom. The molecule has 6 heteroatoms. The van der Waals surface area contributed by atoms with Crippen LogP contribution >= 0.6 is 0 Å². The third-order valence-corrected chi connectivity index (χ3v) is 4.23. The van der Waals surface area contributed by atoms with Crippen molar-refractivity contribution in [3.8, 4) is 0 Å². The van der Waals surface area contributed by atoms with Gasteiger partial charge in [-0.25, -0.2) is 4.79 Å². The van der Waals surface area contributed by atoms with E-state index in [9.17, 15) is 14.7 Å². The Labute approximate surface area is 119 Å². The highest BCUT2D eigenvalue weighted by molar-refractivity contribution is 5.77. The second-order valence-corrected chi connectivity index (χ2v) is 5.79. The number of carbonyl (C=O) groups excluding carboxylic acids is 1. The molecule has 114 valence electrons. The van der Waals surface area contributed by atoms with Crippen molar-refractivity contribution in [3.63, 3.8) is 0 Å². The average Bonchev–Trinajstić information content (AvgIpc) is 3.22. The molecule has 2 aliphatic carbocycles. The molecule has 0 aromatic rings. The molecule has 2 amide bonds. The fourth-order valence-corrected chi connectivity index (χ4v) is 2.96. The van der Waals surface area contributed by atoms with E-state index in [2.05, 4.69) is 5.32 Å². The molecule has 2 atom stereocenters. The summed E-state index contributed by atoms with van der Waals surface area (Å²) in [5.41, 5.74) is 0. The van der Waals surface area contributed by atoms with Gasteiger partial charge in [0.25, 0.3) is 0 Å². The highest BCUT2D eigenvalue weighted by atomic mass is 16.4. The van der Waals surface area contributed by atoms with Crippen LogP contribution in [0.1, 0.15) is 44.9 Å². The normalized spacial score (nSPS) is 26.6. The highest BCUT2D eigenvalue weighted by Crippen LogP contribution is 2.28. The number of nitrogens with one attached hydrogen (secondary N) is 1. The van der Waals surface area contributed by atoms with Gasteiger partial charge in [-0.05, 0) is 25.7 Å². The molecule has 2 aliphatic rings. The molecule has 0 saturated heterocycles. The van der Waals surface area contributed by atoms with Gasteiger partial charge in [-0.3, -0.25) is 4.79 Å². The molecule has 0 aromatic carbocycles. The van der Waals surface area contributed by atoms with Gasteiger partial charge in [0.2, 0.25) is 0 Å². The Hall–Kier alpha value is -1.30. The van der Waals surface area contributed by atoms with Gasteiger partial charge in [0.15, 0.2) is 0 Å². The molecule has 2 rings (SSSR count). The standard InChI is InChI=1S/C14H24N2O4/c17-9-8-16(10-6-7-10)14(20)15-12-5-3-1-2-4-11(12)13(18)19/h10-12,17H,1-9H2,(H,15,20)(H,18,19). The van der Waals surface area contributed by atoms with E-state index in [0.29, 0.717) is 13.0 Å². The number of aliphatic hydroxyl groups is 1. The Kier molecular flexibility index (Phi) is 5.23. The van der Waals surface area contributed by atoms with Gasteiger partial charge in [0.05, 0.1) is 12.5 Å². The van der Waals surface area contributed by atoms with Crippen molar-refractivity contribution in [2.24, 2.45) is 5.92 Å². The number of carboxylic acid groups (broad SMARTS) is 1. The second-order valence-electron chi connectivity index (χ2n) is 5.79. The minimum atomic E-state index is -0.822. The number of aliphatic carboxylic acids is 1. The monoisotopic (exact) mass is 284 g/mol. The van der Waals surface area contributed by atoms with Crippen LogP contribution in [-0.2, 0) is 4.79 Å². The van der Waals surface area contributed by atoms with Gasteiger partial charge >= 0.3 is 12.0 Å². The third kappa shape index (κ3) is 3.85. The second kappa shape index (κ2) is 6.92. The minimum Gasteiger partial charge on any atom is -0.481 e. The van der Waals surface area contributed by atoms with Crippen LogP contribution < -0.4 is 5.32 Å². The molecule has 0 aliphatic heterocycles. The number of amides is 2. The van der Waals surface area contributed by atoms with E-state index in [4.69, 9.17) is 5.11 Å². The van der Waals surface area contributed by atoms with Crippen LogP contribution in [0.3, 0.4) is 0 Å². The maximum absolute atomic E-state index is 12.3. The predicted molar refractivity (Wildman–Crippen MR) is 73.3 cm³/mol. The van der Waals surface area contributed by atoms with Gasteiger partial charge in [0, 0.05) is 18.6 Å². The number of carbonyl (C=O) groups is 2. The Morgan fingerprint density at radius 1 is 1.10 bits per heavy atom. The van der Waals surface area contributed by atoms with Gasteiger partial charge < -0.3 is 20.4 Å².